The van der Waals surface area contributed by atoms with Crippen molar-refractivity contribution in [2.45, 2.75) is 52.5 Å². The molecule has 0 radical (unpaired) electrons. The van der Waals surface area contributed by atoms with Crippen molar-refractivity contribution in [2.75, 3.05) is 57.3 Å². The van der Waals surface area contributed by atoms with E-state index in [-0.39, 0.29) is 37.1 Å². The second kappa shape index (κ2) is 16.4. The van der Waals surface area contributed by atoms with Crippen LogP contribution in [-0.2, 0) is 27.4 Å². The fourth-order valence-corrected chi connectivity index (χ4v) is 6.53. The van der Waals surface area contributed by atoms with Crippen LogP contribution in [0.15, 0.2) is 67.0 Å². The van der Waals surface area contributed by atoms with Crippen LogP contribution < -0.4 is 10.1 Å². The summed E-state index contributed by atoms with van der Waals surface area (Å²) in [6.45, 7) is 9.40. The number of nitrogens with zero attached hydrogens (tertiary/aromatic N) is 4. The van der Waals surface area contributed by atoms with E-state index >= 15 is 4.39 Å². The van der Waals surface area contributed by atoms with Crippen molar-refractivity contribution in [1.82, 2.24) is 24.7 Å². The molecule has 0 saturated carbocycles. The lowest BCUT2D eigenvalue weighted by Crippen LogP contribution is -2.56. The first kappa shape index (κ1) is 38.6. The molecule has 11 nitrogen and oxygen atoms in total. The number of hydrogen-bond donors (Lipinski definition) is 1. The fraction of sp³-hybridized carbons (Fsp3) is 0.436. The van der Waals surface area contributed by atoms with Gasteiger partial charge in [0.1, 0.15) is 29.8 Å². The van der Waals surface area contributed by atoms with Gasteiger partial charge < -0.3 is 33.9 Å². The number of halogens is 1. The molecule has 1 N–H and O–H groups in total. The molecule has 4 aromatic rings. The Morgan fingerprint density at radius 2 is 1.65 bits per heavy atom. The zero-order valence-electron chi connectivity index (χ0n) is 31.1. The largest absolute Gasteiger partial charge is 0.453 e. The topological polar surface area (TPSA) is 115 Å². The Bertz CT molecular complexity index is 1880. The van der Waals surface area contributed by atoms with Crippen LogP contribution in [0, 0.1) is 12.7 Å². The van der Waals surface area contributed by atoms with Crippen LogP contribution in [0.25, 0.3) is 11.0 Å². The minimum absolute atomic E-state index is 0.00925. The maximum atomic E-state index is 15.7. The summed E-state index contributed by atoms with van der Waals surface area (Å²) in [4.78, 5) is 47.5. The van der Waals surface area contributed by atoms with Crippen LogP contribution >= 0.6 is 10.0 Å². The lowest BCUT2D eigenvalue weighted by atomic mass is 10.0. The molecule has 5 rings (SSSR count). The molecule has 52 heavy (non-hydrogen) atoms. The van der Waals surface area contributed by atoms with E-state index in [1.807, 2.05) is 35.9 Å². The highest BCUT2D eigenvalue weighted by Gasteiger charge is 2.32. The van der Waals surface area contributed by atoms with Gasteiger partial charge in [-0.15, -0.1) is 0 Å². The SMILES string of the molecule is Cc1cn(COCCS(C)(C)C)c2nccc(Oc3ccc(C[C@H](NC(=O)OC(C)(C)C)C(=O)N4CCN(C(=O)c5ccccc5)CC4)cc3F)c12. The number of piperazine rings is 1. The quantitative estimate of drug-likeness (QED) is 0.168. The second-order valence-electron chi connectivity index (χ2n) is 14.9. The maximum Gasteiger partial charge on any atom is 0.408 e. The van der Waals surface area contributed by atoms with E-state index in [0.717, 1.165) is 16.7 Å². The number of carbonyl (C=O) groups excluding carboxylic acids is 3. The fourth-order valence-electron chi connectivity index (χ4n) is 5.91. The molecule has 3 heterocycles. The lowest BCUT2D eigenvalue weighted by Gasteiger charge is -2.36. The van der Waals surface area contributed by atoms with Gasteiger partial charge in [-0.2, -0.15) is 0 Å². The van der Waals surface area contributed by atoms with Crippen LogP contribution in [0.3, 0.4) is 0 Å². The number of amides is 3. The number of ether oxygens (including phenoxy) is 3. The van der Waals surface area contributed by atoms with Gasteiger partial charge in [0.25, 0.3) is 5.91 Å². The molecule has 1 atom stereocenters. The predicted molar refractivity (Wildman–Crippen MR) is 203 cm³/mol. The van der Waals surface area contributed by atoms with E-state index in [1.165, 1.54) is 12.1 Å². The Morgan fingerprint density at radius 1 is 0.962 bits per heavy atom. The van der Waals surface area contributed by atoms with Gasteiger partial charge in [0.2, 0.25) is 5.91 Å². The van der Waals surface area contributed by atoms with Crippen molar-refractivity contribution < 1.29 is 33.0 Å². The van der Waals surface area contributed by atoms with Gasteiger partial charge in [0.05, 0.1) is 12.0 Å². The van der Waals surface area contributed by atoms with Crippen LogP contribution in [0.5, 0.6) is 11.5 Å². The summed E-state index contributed by atoms with van der Waals surface area (Å²) in [5, 5.41) is 3.46. The number of benzene rings is 2. The number of hydrogen-bond acceptors (Lipinski definition) is 7. The smallest absolute Gasteiger partial charge is 0.408 e. The summed E-state index contributed by atoms with van der Waals surface area (Å²) in [5.41, 5.74) is 1.87. The lowest BCUT2D eigenvalue weighted by molar-refractivity contribution is -0.135. The number of rotatable bonds is 12. The summed E-state index contributed by atoms with van der Waals surface area (Å²) in [5.74, 6) is 0.398. The van der Waals surface area contributed by atoms with E-state index in [9.17, 15) is 14.4 Å². The number of aromatic nitrogens is 2. The average molecular weight is 736 g/mol. The van der Waals surface area contributed by atoms with Crippen molar-refractivity contribution in [3.8, 4) is 11.5 Å². The number of nitrogens with one attached hydrogen (secondary N) is 1. The van der Waals surface area contributed by atoms with Gasteiger partial charge in [0, 0.05) is 56.3 Å². The number of aryl methyl sites for hydroxylation is 1. The molecule has 2 aromatic carbocycles. The number of fused-ring (bicyclic) bond motifs is 1. The molecular weight excluding hydrogens is 686 g/mol. The molecule has 0 aliphatic carbocycles. The van der Waals surface area contributed by atoms with Crippen molar-refractivity contribution >= 4 is 39.0 Å². The third-order valence-electron chi connectivity index (χ3n) is 8.52. The van der Waals surface area contributed by atoms with Gasteiger partial charge in [-0.1, -0.05) is 24.3 Å². The van der Waals surface area contributed by atoms with Gasteiger partial charge in [-0.25, -0.2) is 24.2 Å². The van der Waals surface area contributed by atoms with Crippen molar-refractivity contribution in [1.29, 1.82) is 0 Å². The summed E-state index contributed by atoms with van der Waals surface area (Å²) >= 11 is 0. The highest BCUT2D eigenvalue weighted by Crippen LogP contribution is 2.35. The summed E-state index contributed by atoms with van der Waals surface area (Å²) in [7, 11) is -0.666. The van der Waals surface area contributed by atoms with Crippen molar-refractivity contribution in [3.63, 3.8) is 0 Å². The highest BCUT2D eigenvalue weighted by atomic mass is 32.3. The molecule has 1 aliphatic rings. The first-order valence-electron chi connectivity index (χ1n) is 17.3. The number of alkyl carbamates (subject to hydrolysis) is 1. The number of carbonyl (C=O) groups is 3. The Balaban J connectivity index is 1.28. The first-order chi connectivity index (χ1) is 24.6. The molecule has 0 unspecified atom stereocenters. The molecular formula is C39H50FN5O6S. The Labute approximate surface area is 306 Å². The monoisotopic (exact) mass is 735 g/mol. The van der Waals surface area contributed by atoms with Gasteiger partial charge >= 0.3 is 6.09 Å². The Morgan fingerprint density at radius 3 is 2.31 bits per heavy atom. The summed E-state index contributed by atoms with van der Waals surface area (Å²) < 4.78 is 35.1. The third kappa shape index (κ3) is 10.3. The second-order valence-corrected chi connectivity index (χ2v) is 19.5. The molecule has 3 amide bonds. The predicted octanol–water partition coefficient (Wildman–Crippen LogP) is 6.36. The summed E-state index contributed by atoms with van der Waals surface area (Å²) in [6.07, 6.45) is 9.58. The molecule has 1 aliphatic heterocycles. The molecule has 280 valence electrons. The first-order valence-corrected chi connectivity index (χ1v) is 20.4. The molecule has 1 saturated heterocycles. The van der Waals surface area contributed by atoms with Crippen LogP contribution in [0.1, 0.15) is 42.3 Å². The zero-order valence-corrected chi connectivity index (χ0v) is 31.9. The van der Waals surface area contributed by atoms with Crippen LogP contribution in [0.2, 0.25) is 0 Å². The van der Waals surface area contributed by atoms with Crippen molar-refractivity contribution in [2.24, 2.45) is 0 Å². The van der Waals surface area contributed by atoms with E-state index in [0.29, 0.717) is 49.0 Å². The van der Waals surface area contributed by atoms with Gasteiger partial charge in [0.15, 0.2) is 11.6 Å². The molecule has 2 aromatic heterocycles. The Hall–Kier alpha value is -4.62. The highest BCUT2D eigenvalue weighted by molar-refractivity contribution is 8.32. The van der Waals surface area contributed by atoms with Gasteiger partial charge in [-0.3, -0.25) is 9.59 Å². The van der Waals surface area contributed by atoms with E-state index in [4.69, 9.17) is 14.2 Å². The number of pyridine rings is 1. The van der Waals surface area contributed by atoms with E-state index in [1.54, 1.807) is 61.0 Å². The maximum absolute atomic E-state index is 15.7. The molecule has 1 fully saturated rings. The standard InChI is InChI=1S/C39H50FN5O6S/c1-27-25-45(26-49-21-22-52(5,6)7)35-34(27)33(15-16-41-35)50-32-14-13-28(23-30(32)40)24-31(42-38(48)51-39(2,3)4)37(47)44-19-17-43(18-20-44)36(46)29-11-9-8-10-12-29/h8-16,23,25,31H,17-22,24,26H2,1-7H3,(H,42,48)/t31-/m0/s1. The average Bonchev–Trinajstić information content (AvgIpc) is 3.41. The minimum Gasteiger partial charge on any atom is -0.453 e. The zero-order chi connectivity index (χ0) is 37.6. The van der Waals surface area contributed by atoms with Crippen molar-refractivity contribution in [3.05, 3.63) is 89.5 Å². The molecule has 13 heteroatoms. The van der Waals surface area contributed by atoms with Crippen LogP contribution in [0.4, 0.5) is 9.18 Å². The molecule has 0 spiro atoms. The van der Waals surface area contributed by atoms with Gasteiger partial charge in [-0.05, 0) is 87.9 Å². The minimum atomic E-state index is -1.04. The van der Waals surface area contributed by atoms with E-state index < -0.39 is 33.6 Å². The third-order valence-corrected chi connectivity index (χ3v) is 9.91. The Kier molecular flexibility index (Phi) is 12.2. The summed E-state index contributed by atoms with van der Waals surface area (Å²) in [6, 6.07) is 14.2. The van der Waals surface area contributed by atoms with E-state index in [2.05, 4.69) is 29.1 Å². The normalized spacial score (nSPS) is 14.6. The van der Waals surface area contributed by atoms with Crippen LogP contribution in [-0.4, -0.2) is 106 Å². The molecule has 0 bridgehead atoms.